The molecular formula is C77H150O17P2. The highest BCUT2D eigenvalue weighted by Crippen LogP contribution is 2.45. The van der Waals surface area contributed by atoms with Crippen LogP contribution >= 0.6 is 15.6 Å². The summed E-state index contributed by atoms with van der Waals surface area (Å²) in [4.78, 5) is 72.8. The number of aliphatic hydroxyl groups is 1. The van der Waals surface area contributed by atoms with E-state index in [1.54, 1.807) is 0 Å². The molecule has 0 aromatic heterocycles. The van der Waals surface area contributed by atoms with Gasteiger partial charge in [0.25, 0.3) is 0 Å². The van der Waals surface area contributed by atoms with E-state index in [2.05, 4.69) is 41.5 Å². The van der Waals surface area contributed by atoms with Crippen LogP contribution in [0.5, 0.6) is 0 Å². The van der Waals surface area contributed by atoms with E-state index in [0.29, 0.717) is 25.7 Å². The van der Waals surface area contributed by atoms with Crippen LogP contribution in [0, 0.1) is 11.8 Å². The zero-order valence-electron chi connectivity index (χ0n) is 62.7. The largest absolute Gasteiger partial charge is 0.472 e. The van der Waals surface area contributed by atoms with Gasteiger partial charge < -0.3 is 33.8 Å². The van der Waals surface area contributed by atoms with Gasteiger partial charge in [-0.3, -0.25) is 37.3 Å². The molecule has 0 aromatic rings. The summed E-state index contributed by atoms with van der Waals surface area (Å²) in [5.74, 6) is -0.478. The summed E-state index contributed by atoms with van der Waals surface area (Å²) in [5.41, 5.74) is 0. The van der Waals surface area contributed by atoms with E-state index >= 15 is 0 Å². The molecule has 0 radical (unpaired) electrons. The number of phosphoric ester groups is 2. The molecule has 0 aromatic carbocycles. The van der Waals surface area contributed by atoms with Crippen molar-refractivity contribution in [1.82, 2.24) is 0 Å². The lowest BCUT2D eigenvalue weighted by molar-refractivity contribution is -0.161. The maximum absolute atomic E-state index is 13.1. The third-order valence-electron chi connectivity index (χ3n) is 18.3. The second-order valence-electron chi connectivity index (χ2n) is 28.5. The highest BCUT2D eigenvalue weighted by molar-refractivity contribution is 7.47. The SMILES string of the molecule is CCCCCCCCCCCCCCCCC(=O)O[C@H](COC(=O)CCCCCCCCCC)COP(=O)(O)OC[C@H](O)COP(=O)(O)OC[C@@H](COC(=O)CCCCCCCCCCCCCCCC(C)C)OC(=O)CCCCCCCCCCCCCCCCC(C)CC. The van der Waals surface area contributed by atoms with E-state index in [4.69, 9.17) is 37.0 Å². The summed E-state index contributed by atoms with van der Waals surface area (Å²) in [6.07, 6.45) is 56.8. The van der Waals surface area contributed by atoms with Crippen molar-refractivity contribution in [2.75, 3.05) is 39.6 Å². The highest BCUT2D eigenvalue weighted by Gasteiger charge is 2.30. The minimum Gasteiger partial charge on any atom is -0.462 e. The average molecular weight is 1410 g/mol. The van der Waals surface area contributed by atoms with E-state index in [0.717, 1.165) is 108 Å². The van der Waals surface area contributed by atoms with Crippen LogP contribution in [0.3, 0.4) is 0 Å². The molecule has 0 spiro atoms. The molecule has 0 rings (SSSR count). The molecule has 0 aliphatic heterocycles. The Balaban J connectivity index is 5.22. The summed E-state index contributed by atoms with van der Waals surface area (Å²) in [6.45, 7) is 9.66. The number of hydrogen-bond donors (Lipinski definition) is 3. The van der Waals surface area contributed by atoms with Gasteiger partial charge in [0.05, 0.1) is 26.4 Å². The third-order valence-corrected chi connectivity index (χ3v) is 20.2. The number of hydrogen-bond acceptors (Lipinski definition) is 15. The number of unbranched alkanes of at least 4 members (excludes halogenated alkanes) is 45. The van der Waals surface area contributed by atoms with Crippen molar-refractivity contribution in [3.05, 3.63) is 0 Å². The predicted octanol–water partition coefficient (Wildman–Crippen LogP) is 22.7. The highest BCUT2D eigenvalue weighted by atomic mass is 31.2. The van der Waals surface area contributed by atoms with Gasteiger partial charge in [-0.15, -0.1) is 0 Å². The van der Waals surface area contributed by atoms with E-state index in [9.17, 15) is 43.2 Å². The Bertz CT molecular complexity index is 1860. The van der Waals surface area contributed by atoms with Crippen molar-refractivity contribution in [3.63, 3.8) is 0 Å². The van der Waals surface area contributed by atoms with Gasteiger partial charge in [0.2, 0.25) is 0 Å². The second-order valence-corrected chi connectivity index (χ2v) is 31.4. The van der Waals surface area contributed by atoms with Gasteiger partial charge in [-0.1, -0.05) is 350 Å². The number of carbonyl (C=O) groups is 4. The van der Waals surface area contributed by atoms with Crippen LogP contribution in [0.25, 0.3) is 0 Å². The fraction of sp³-hybridized carbons (Fsp3) is 0.948. The molecule has 0 saturated carbocycles. The molecule has 3 N–H and O–H groups in total. The van der Waals surface area contributed by atoms with Crippen molar-refractivity contribution in [3.8, 4) is 0 Å². The molecule has 0 saturated heterocycles. The number of ether oxygens (including phenoxy) is 4. The van der Waals surface area contributed by atoms with Gasteiger partial charge in [0, 0.05) is 25.7 Å². The monoisotopic (exact) mass is 1410 g/mol. The Morgan fingerprint density at radius 3 is 0.792 bits per heavy atom. The number of rotatable bonds is 76. The van der Waals surface area contributed by atoms with Gasteiger partial charge in [0.1, 0.15) is 19.3 Å². The van der Waals surface area contributed by atoms with Crippen LogP contribution < -0.4 is 0 Å². The lowest BCUT2D eigenvalue weighted by Crippen LogP contribution is -2.30. The molecule has 0 fully saturated rings. The Labute approximate surface area is 588 Å². The Morgan fingerprint density at radius 2 is 0.531 bits per heavy atom. The minimum absolute atomic E-state index is 0.108. The van der Waals surface area contributed by atoms with Crippen molar-refractivity contribution in [1.29, 1.82) is 0 Å². The molecular weight excluding hydrogens is 1260 g/mol. The second kappa shape index (κ2) is 68.8. The van der Waals surface area contributed by atoms with Gasteiger partial charge >= 0.3 is 39.5 Å². The van der Waals surface area contributed by atoms with Gasteiger partial charge in [-0.05, 0) is 37.5 Å². The number of aliphatic hydroxyl groups excluding tert-OH is 1. The Morgan fingerprint density at radius 1 is 0.302 bits per heavy atom. The maximum atomic E-state index is 13.1. The molecule has 0 bridgehead atoms. The number of carbonyl (C=O) groups excluding carboxylic acids is 4. The number of phosphoric acid groups is 2. The van der Waals surface area contributed by atoms with Crippen LogP contribution in [0.1, 0.15) is 401 Å². The third kappa shape index (κ3) is 69.2. The van der Waals surface area contributed by atoms with E-state index in [1.807, 2.05) is 0 Å². The van der Waals surface area contributed by atoms with Gasteiger partial charge in [0.15, 0.2) is 12.2 Å². The first-order chi connectivity index (χ1) is 46.4. The Kier molecular flexibility index (Phi) is 67.4. The van der Waals surface area contributed by atoms with Crippen LogP contribution in [0.2, 0.25) is 0 Å². The molecule has 96 heavy (non-hydrogen) atoms. The first-order valence-electron chi connectivity index (χ1n) is 40.0. The summed E-state index contributed by atoms with van der Waals surface area (Å²) in [6, 6.07) is 0. The molecule has 19 heteroatoms. The van der Waals surface area contributed by atoms with Crippen LogP contribution in [-0.4, -0.2) is 96.7 Å². The molecule has 570 valence electrons. The topological polar surface area (TPSA) is 237 Å². The van der Waals surface area contributed by atoms with Crippen molar-refractivity contribution >= 4 is 39.5 Å². The summed E-state index contributed by atoms with van der Waals surface area (Å²) >= 11 is 0. The maximum Gasteiger partial charge on any atom is 0.472 e. The van der Waals surface area contributed by atoms with E-state index in [-0.39, 0.29) is 25.7 Å². The van der Waals surface area contributed by atoms with Crippen molar-refractivity contribution in [2.24, 2.45) is 11.8 Å². The summed E-state index contributed by atoms with van der Waals surface area (Å²) in [7, 11) is -9.91. The first kappa shape index (κ1) is 94.1. The Hall–Kier alpha value is -1.94. The molecule has 0 amide bonds. The molecule has 0 aliphatic rings. The zero-order valence-corrected chi connectivity index (χ0v) is 64.5. The minimum atomic E-state index is -4.96. The summed E-state index contributed by atoms with van der Waals surface area (Å²) in [5, 5.41) is 10.6. The standard InChI is InChI=1S/C77H150O17P2/c1-7-10-12-14-16-18-19-20-26-32-37-43-49-55-61-76(81)93-72(65-87-74(79)59-53-47-41-17-15-13-11-8-2)67-91-95(83,84)89-63-71(78)64-90-96(85,86)92-68-73(66-88-75(80)60-54-48-42-36-31-28-23-24-29-34-39-45-51-57-69(4)5)94-77(82)62-56-50-44-38-33-27-22-21-25-30-35-40-46-52-58-70(6)9-3/h69-73,78H,7-68H2,1-6H3,(H,83,84)(H,85,86)/t70?,71-,72+,73+/m0/s1. The van der Waals surface area contributed by atoms with Gasteiger partial charge in [-0.25, -0.2) is 9.13 Å². The van der Waals surface area contributed by atoms with Gasteiger partial charge in [-0.2, -0.15) is 0 Å². The fourth-order valence-electron chi connectivity index (χ4n) is 11.8. The molecule has 3 unspecified atom stereocenters. The normalized spacial score (nSPS) is 14.3. The predicted molar refractivity (Wildman–Crippen MR) is 391 cm³/mol. The van der Waals surface area contributed by atoms with E-state index in [1.165, 1.54) is 212 Å². The average Bonchev–Trinajstić information content (AvgIpc) is 1.81. The zero-order chi connectivity index (χ0) is 70.7. The molecule has 0 aliphatic carbocycles. The van der Waals surface area contributed by atoms with Crippen LogP contribution in [0.4, 0.5) is 0 Å². The lowest BCUT2D eigenvalue weighted by Gasteiger charge is -2.21. The summed E-state index contributed by atoms with van der Waals surface area (Å²) < 4.78 is 68.5. The van der Waals surface area contributed by atoms with Crippen LogP contribution in [0.15, 0.2) is 0 Å². The molecule has 6 atom stereocenters. The molecule has 17 nitrogen and oxygen atoms in total. The number of esters is 4. The molecule has 0 heterocycles. The first-order valence-corrected chi connectivity index (χ1v) is 43.0. The fourth-order valence-corrected chi connectivity index (χ4v) is 13.4. The van der Waals surface area contributed by atoms with Crippen molar-refractivity contribution < 1.29 is 80.2 Å². The lowest BCUT2D eigenvalue weighted by atomic mass is 9.99. The van der Waals surface area contributed by atoms with E-state index < -0.39 is 97.5 Å². The smallest absolute Gasteiger partial charge is 0.462 e. The quantitative estimate of drug-likeness (QED) is 0.0222. The van der Waals surface area contributed by atoms with Crippen molar-refractivity contribution in [2.45, 2.75) is 419 Å². The van der Waals surface area contributed by atoms with Crippen LogP contribution in [-0.2, 0) is 65.4 Å².